The molecule has 45 heavy (non-hydrogen) atoms. The van der Waals surface area contributed by atoms with E-state index in [4.69, 9.17) is 22.9 Å². The Bertz CT molecular complexity index is 597. The Morgan fingerprint density at radius 3 is 0.689 bits per heavy atom. The van der Waals surface area contributed by atoms with Crippen LogP contribution in [0.4, 0.5) is 0 Å². The van der Waals surface area contributed by atoms with Crippen LogP contribution in [0, 0.1) is 0 Å². The van der Waals surface area contributed by atoms with E-state index in [9.17, 15) is 19.8 Å². The Kier molecular flexibility index (Phi) is 37.9. The minimum atomic E-state index is -1.66. The number of carboxylic acids is 2. The Hall–Kier alpha value is -0.454. The van der Waals surface area contributed by atoms with Crippen molar-refractivity contribution < 1.29 is 19.8 Å². The number of carbonyl (C=O) groups excluding carboxylic acids is 2. The van der Waals surface area contributed by atoms with E-state index in [-0.39, 0.29) is 23.1 Å². The first-order valence-corrected chi connectivity index (χ1v) is 18.6. The average Bonchev–Trinajstić information content (AvgIpc) is 2.97. The third-order valence-electron chi connectivity index (χ3n) is 8.65. The number of unbranched alkanes of at least 4 members (excludes halogenated alkanes) is 26. The minimum Gasteiger partial charge on any atom is -0.547 e. The maximum atomic E-state index is 10.6. The zero-order chi connectivity index (χ0) is 33.4. The zero-order valence-electron chi connectivity index (χ0n) is 29.9. The largest absolute Gasteiger partial charge is 2.00 e. The first-order valence-electron chi connectivity index (χ1n) is 18.6. The van der Waals surface area contributed by atoms with Crippen molar-refractivity contribution in [3.63, 3.8) is 0 Å². The Morgan fingerprint density at radius 1 is 0.378 bits per heavy atom. The van der Waals surface area contributed by atoms with E-state index in [1.54, 1.807) is 0 Å². The van der Waals surface area contributed by atoms with E-state index in [1.165, 1.54) is 141 Å². The molecule has 0 aromatic rings. The molecular formula is C36H74MgN4O4. The standard InChI is InChI=1S/2C18H38N2O2.Mg/c2*1-2-3-4-5-6-7-8-9-10-11-12-13-14-15-16-18(19,20)17(21)22;/h2*2-16,19-20H2,1H3,(H,21,22);/q;;+2/p-2. The molecule has 0 rings (SSSR count). The van der Waals surface area contributed by atoms with Gasteiger partial charge < -0.3 is 42.7 Å². The maximum absolute atomic E-state index is 10.6. The maximum Gasteiger partial charge on any atom is 2.00 e. The number of hydrogen-bond acceptors (Lipinski definition) is 8. The van der Waals surface area contributed by atoms with Crippen LogP contribution in [0.5, 0.6) is 0 Å². The molecule has 264 valence electrons. The van der Waals surface area contributed by atoms with Gasteiger partial charge in [0.2, 0.25) is 0 Å². The summed E-state index contributed by atoms with van der Waals surface area (Å²) in [5.41, 5.74) is 18.4. The fourth-order valence-corrected chi connectivity index (χ4v) is 5.43. The molecular weight excluding hydrogens is 577 g/mol. The molecule has 0 fully saturated rings. The average molecular weight is 651 g/mol. The Labute approximate surface area is 294 Å². The van der Waals surface area contributed by atoms with Gasteiger partial charge in [-0.1, -0.05) is 181 Å². The van der Waals surface area contributed by atoms with Gasteiger partial charge in [0, 0.05) is 0 Å². The summed E-state index contributed by atoms with van der Waals surface area (Å²) in [6.45, 7) is 4.51. The molecule has 0 atom stereocenters. The van der Waals surface area contributed by atoms with Gasteiger partial charge in [-0.2, -0.15) is 0 Å². The van der Waals surface area contributed by atoms with Gasteiger partial charge in [0.05, 0.1) is 11.9 Å². The third-order valence-corrected chi connectivity index (χ3v) is 8.65. The summed E-state index contributed by atoms with van der Waals surface area (Å²) < 4.78 is 0. The van der Waals surface area contributed by atoms with Gasteiger partial charge in [-0.25, -0.2) is 0 Å². The summed E-state index contributed by atoms with van der Waals surface area (Å²) in [4.78, 5) is 21.2. The first-order chi connectivity index (χ1) is 21.0. The predicted octanol–water partition coefficient (Wildman–Crippen LogP) is 6.06. The minimum absolute atomic E-state index is 0. The monoisotopic (exact) mass is 651 g/mol. The van der Waals surface area contributed by atoms with Crippen LogP contribution < -0.4 is 33.1 Å². The molecule has 0 saturated heterocycles. The number of hydrogen-bond donors (Lipinski definition) is 4. The van der Waals surface area contributed by atoms with Crippen LogP contribution in [0.2, 0.25) is 0 Å². The molecule has 0 aliphatic carbocycles. The molecule has 0 radical (unpaired) electrons. The summed E-state index contributed by atoms with van der Waals surface area (Å²) in [6.07, 6.45) is 36.2. The molecule has 8 nitrogen and oxygen atoms in total. The second-order valence-corrected chi connectivity index (χ2v) is 13.3. The smallest absolute Gasteiger partial charge is 0.547 e. The van der Waals surface area contributed by atoms with E-state index < -0.39 is 23.3 Å². The van der Waals surface area contributed by atoms with Crippen LogP contribution in [0.1, 0.15) is 206 Å². The number of carbonyl (C=O) groups is 2. The van der Waals surface area contributed by atoms with Crippen LogP contribution in [0.25, 0.3) is 0 Å². The van der Waals surface area contributed by atoms with Crippen molar-refractivity contribution in [3.05, 3.63) is 0 Å². The van der Waals surface area contributed by atoms with Gasteiger partial charge >= 0.3 is 23.1 Å². The van der Waals surface area contributed by atoms with Crippen molar-refractivity contribution in [2.75, 3.05) is 0 Å². The van der Waals surface area contributed by atoms with Gasteiger partial charge in [-0.05, 0) is 25.7 Å². The van der Waals surface area contributed by atoms with E-state index in [0.29, 0.717) is 12.8 Å². The SMILES string of the molecule is CCCCCCCCCCCCCCCCC(N)(N)C(=O)[O-].CCCCCCCCCCCCCCCCC(N)(N)C(=O)[O-].[Mg+2]. The normalized spacial score (nSPS) is 11.5. The molecule has 0 aliphatic rings. The zero-order valence-corrected chi connectivity index (χ0v) is 31.3. The van der Waals surface area contributed by atoms with Crippen LogP contribution in [0.3, 0.4) is 0 Å². The van der Waals surface area contributed by atoms with Crippen molar-refractivity contribution >= 4 is 35.0 Å². The molecule has 0 saturated carbocycles. The molecule has 0 aromatic carbocycles. The van der Waals surface area contributed by atoms with Gasteiger partial charge in [-0.3, -0.25) is 0 Å². The van der Waals surface area contributed by atoms with Crippen molar-refractivity contribution in [1.29, 1.82) is 0 Å². The number of aliphatic carboxylic acids is 2. The summed E-state index contributed by atoms with van der Waals surface area (Å²) >= 11 is 0. The Balaban J connectivity index is -0.000000767. The number of nitrogens with two attached hydrogens (primary N) is 4. The second-order valence-electron chi connectivity index (χ2n) is 13.3. The molecule has 0 aromatic heterocycles. The van der Waals surface area contributed by atoms with Crippen molar-refractivity contribution in [2.45, 2.75) is 218 Å². The first kappa shape index (κ1) is 48.9. The fraction of sp³-hybridized carbons (Fsp3) is 0.944. The van der Waals surface area contributed by atoms with Crippen LogP contribution >= 0.6 is 0 Å². The topological polar surface area (TPSA) is 184 Å². The summed E-state index contributed by atoms with van der Waals surface area (Å²) in [6, 6.07) is 0. The van der Waals surface area contributed by atoms with E-state index in [2.05, 4.69) is 13.8 Å². The molecule has 0 spiro atoms. The Morgan fingerprint density at radius 2 is 0.533 bits per heavy atom. The predicted molar refractivity (Wildman–Crippen MR) is 188 cm³/mol. The number of rotatable bonds is 32. The summed E-state index contributed by atoms with van der Waals surface area (Å²) in [7, 11) is 0. The van der Waals surface area contributed by atoms with Crippen molar-refractivity contribution in [3.8, 4) is 0 Å². The quantitative estimate of drug-likeness (QED) is 0.0384. The molecule has 9 heteroatoms. The van der Waals surface area contributed by atoms with Crippen molar-refractivity contribution in [2.24, 2.45) is 22.9 Å². The third kappa shape index (κ3) is 36.2. The molecule has 0 unspecified atom stereocenters. The van der Waals surface area contributed by atoms with E-state index >= 15 is 0 Å². The second kappa shape index (κ2) is 34.9. The fourth-order valence-electron chi connectivity index (χ4n) is 5.43. The van der Waals surface area contributed by atoms with Gasteiger partial charge in [0.1, 0.15) is 11.3 Å². The van der Waals surface area contributed by atoms with Gasteiger partial charge in [0.15, 0.2) is 0 Å². The molecule has 0 amide bonds. The van der Waals surface area contributed by atoms with Gasteiger partial charge in [-0.15, -0.1) is 0 Å². The number of carboxylic acid groups (broad SMARTS) is 2. The van der Waals surface area contributed by atoms with Gasteiger partial charge in [0.25, 0.3) is 0 Å². The van der Waals surface area contributed by atoms with Crippen molar-refractivity contribution in [1.82, 2.24) is 0 Å². The van der Waals surface area contributed by atoms with Crippen LogP contribution in [-0.2, 0) is 9.59 Å². The van der Waals surface area contributed by atoms with Crippen LogP contribution in [-0.4, -0.2) is 46.3 Å². The molecule has 0 bridgehead atoms. The van der Waals surface area contributed by atoms with Crippen LogP contribution in [0.15, 0.2) is 0 Å². The summed E-state index contributed by atoms with van der Waals surface area (Å²) in [5.74, 6) is -2.72. The van der Waals surface area contributed by atoms with E-state index in [0.717, 1.165) is 38.5 Å². The molecule has 0 aliphatic heterocycles. The summed E-state index contributed by atoms with van der Waals surface area (Å²) in [5, 5.41) is 21.2. The molecule has 0 heterocycles. The molecule has 8 N–H and O–H groups in total. The van der Waals surface area contributed by atoms with E-state index in [1.807, 2.05) is 0 Å².